The summed E-state index contributed by atoms with van der Waals surface area (Å²) in [5.74, 6) is 0.988. The van der Waals surface area contributed by atoms with Crippen LogP contribution in [0.2, 0.25) is 0 Å². The first kappa shape index (κ1) is 11.8. The van der Waals surface area contributed by atoms with Crippen LogP contribution in [0.15, 0.2) is 36.6 Å². The number of nitrogens with zero attached hydrogens (tertiary/aromatic N) is 1. The van der Waals surface area contributed by atoms with E-state index in [9.17, 15) is 4.79 Å². The maximum Gasteiger partial charge on any atom is 0.238 e. The van der Waals surface area contributed by atoms with Gasteiger partial charge in [-0.05, 0) is 50.1 Å². The predicted octanol–water partition coefficient (Wildman–Crippen LogP) is 2.49. The van der Waals surface area contributed by atoms with E-state index >= 15 is 0 Å². The molecular weight excluding hydrogens is 254 g/mol. The third kappa shape index (κ3) is 1.20. The number of carbonyl (C=O) groups excluding carboxylic acids is 1. The number of benzene rings is 1. The lowest BCUT2D eigenvalue weighted by atomic mass is 9.85. The van der Waals surface area contributed by atoms with Gasteiger partial charge in [0.15, 0.2) is 0 Å². The van der Waals surface area contributed by atoms with Crippen molar-refractivity contribution in [2.24, 2.45) is 5.41 Å². The SMILES string of the molecule is COc1ccc(N2C(=O)C3(CC3)[C@@]3(C)OC=C[C@@H]23)cc1. The second-order valence-corrected chi connectivity index (χ2v) is 5.95. The number of hydrogen-bond acceptors (Lipinski definition) is 3. The van der Waals surface area contributed by atoms with E-state index in [1.165, 1.54) is 0 Å². The van der Waals surface area contributed by atoms with Crippen molar-refractivity contribution >= 4 is 11.6 Å². The van der Waals surface area contributed by atoms with Gasteiger partial charge < -0.3 is 14.4 Å². The van der Waals surface area contributed by atoms with Gasteiger partial charge in [0.1, 0.15) is 11.4 Å². The van der Waals surface area contributed by atoms with Gasteiger partial charge in [-0.2, -0.15) is 0 Å². The number of anilines is 1. The molecule has 0 N–H and O–H groups in total. The molecule has 4 rings (SSSR count). The third-order valence-corrected chi connectivity index (χ3v) is 5.10. The highest BCUT2D eigenvalue weighted by Crippen LogP contribution is 2.64. The Hall–Kier alpha value is -1.97. The topological polar surface area (TPSA) is 38.8 Å². The molecule has 1 saturated heterocycles. The summed E-state index contributed by atoms with van der Waals surface area (Å²) >= 11 is 0. The molecule has 0 aromatic heterocycles. The van der Waals surface area contributed by atoms with Crippen LogP contribution in [0.3, 0.4) is 0 Å². The molecule has 104 valence electrons. The first-order valence-corrected chi connectivity index (χ1v) is 6.95. The average Bonchev–Trinajstić information content (AvgIpc) is 3.17. The Kier molecular flexibility index (Phi) is 2.11. The summed E-state index contributed by atoms with van der Waals surface area (Å²) in [6.45, 7) is 2.06. The quantitative estimate of drug-likeness (QED) is 0.829. The zero-order chi connectivity index (χ0) is 14.0. The minimum Gasteiger partial charge on any atom is -0.497 e. The van der Waals surface area contributed by atoms with Crippen LogP contribution in [-0.2, 0) is 9.53 Å². The number of fused-ring (bicyclic) bond motifs is 2. The zero-order valence-electron chi connectivity index (χ0n) is 11.6. The van der Waals surface area contributed by atoms with E-state index in [1.54, 1.807) is 13.4 Å². The van der Waals surface area contributed by atoms with Crippen LogP contribution in [-0.4, -0.2) is 24.7 Å². The van der Waals surface area contributed by atoms with Crippen LogP contribution >= 0.6 is 0 Å². The number of ether oxygens (including phenoxy) is 2. The largest absolute Gasteiger partial charge is 0.497 e. The van der Waals surface area contributed by atoms with Crippen molar-refractivity contribution < 1.29 is 14.3 Å². The Morgan fingerprint density at radius 1 is 1.30 bits per heavy atom. The molecule has 0 bridgehead atoms. The first-order valence-electron chi connectivity index (χ1n) is 6.95. The van der Waals surface area contributed by atoms with Crippen LogP contribution in [0.4, 0.5) is 5.69 Å². The number of rotatable bonds is 2. The van der Waals surface area contributed by atoms with Crippen molar-refractivity contribution in [1.29, 1.82) is 0 Å². The van der Waals surface area contributed by atoms with E-state index < -0.39 is 5.60 Å². The standard InChI is InChI=1S/C16H17NO3/c1-15-13(7-10-20-15)17(14(18)16(15)8-9-16)11-3-5-12(19-2)6-4-11/h3-7,10,13H,8-9H2,1-2H3/t13-,15+/m1/s1. The molecule has 1 spiro atoms. The van der Waals surface area contributed by atoms with Crippen LogP contribution in [0.5, 0.6) is 5.75 Å². The third-order valence-electron chi connectivity index (χ3n) is 5.10. The first-order chi connectivity index (χ1) is 9.62. The van der Waals surface area contributed by atoms with E-state index in [2.05, 4.69) is 6.92 Å². The van der Waals surface area contributed by atoms with Gasteiger partial charge in [-0.1, -0.05) is 0 Å². The van der Waals surface area contributed by atoms with Gasteiger partial charge in [0, 0.05) is 5.69 Å². The summed E-state index contributed by atoms with van der Waals surface area (Å²) in [5.41, 5.74) is 0.177. The normalized spacial score (nSPS) is 32.4. The predicted molar refractivity (Wildman–Crippen MR) is 74.6 cm³/mol. The summed E-state index contributed by atoms with van der Waals surface area (Å²) in [6.07, 6.45) is 5.59. The lowest BCUT2D eigenvalue weighted by Gasteiger charge is -2.29. The molecule has 2 atom stereocenters. The Morgan fingerprint density at radius 2 is 2.00 bits per heavy atom. The van der Waals surface area contributed by atoms with Gasteiger partial charge in [0.25, 0.3) is 0 Å². The highest BCUT2D eigenvalue weighted by molar-refractivity contribution is 6.05. The second-order valence-electron chi connectivity index (χ2n) is 5.95. The molecule has 20 heavy (non-hydrogen) atoms. The van der Waals surface area contributed by atoms with Gasteiger partial charge in [0.2, 0.25) is 5.91 Å². The Bertz CT molecular complexity index is 603. The second kappa shape index (κ2) is 3.57. The lowest BCUT2D eigenvalue weighted by molar-refractivity contribution is -0.126. The summed E-state index contributed by atoms with van der Waals surface area (Å²) in [5, 5.41) is 0. The van der Waals surface area contributed by atoms with E-state index in [0.717, 1.165) is 24.3 Å². The maximum atomic E-state index is 12.8. The Morgan fingerprint density at radius 3 is 2.60 bits per heavy atom. The molecule has 2 fully saturated rings. The van der Waals surface area contributed by atoms with Crippen LogP contribution < -0.4 is 9.64 Å². The summed E-state index contributed by atoms with van der Waals surface area (Å²) < 4.78 is 11.0. The van der Waals surface area contributed by atoms with Gasteiger partial charge in [-0.25, -0.2) is 0 Å². The molecule has 1 aliphatic carbocycles. The van der Waals surface area contributed by atoms with Crippen LogP contribution in [0, 0.1) is 5.41 Å². The highest BCUT2D eigenvalue weighted by Gasteiger charge is 2.74. The summed E-state index contributed by atoms with van der Waals surface area (Å²) in [4.78, 5) is 14.7. The molecule has 1 saturated carbocycles. The molecule has 0 unspecified atom stereocenters. The molecule has 1 aromatic carbocycles. The Labute approximate surface area is 118 Å². The molecule has 2 heterocycles. The van der Waals surface area contributed by atoms with Crippen molar-refractivity contribution in [1.82, 2.24) is 0 Å². The fraction of sp³-hybridized carbons (Fsp3) is 0.438. The van der Waals surface area contributed by atoms with Crippen molar-refractivity contribution in [3.63, 3.8) is 0 Å². The van der Waals surface area contributed by atoms with Crippen molar-refractivity contribution in [3.8, 4) is 5.75 Å². The molecule has 3 aliphatic rings. The van der Waals surface area contributed by atoms with E-state index in [1.807, 2.05) is 35.2 Å². The van der Waals surface area contributed by atoms with Crippen molar-refractivity contribution in [3.05, 3.63) is 36.6 Å². The van der Waals surface area contributed by atoms with Gasteiger partial charge in [0.05, 0.1) is 24.8 Å². The fourth-order valence-electron chi connectivity index (χ4n) is 3.66. The van der Waals surface area contributed by atoms with E-state index in [0.29, 0.717) is 0 Å². The van der Waals surface area contributed by atoms with Gasteiger partial charge >= 0.3 is 0 Å². The number of amides is 1. The molecule has 2 aliphatic heterocycles. The highest BCUT2D eigenvalue weighted by atomic mass is 16.5. The average molecular weight is 271 g/mol. The number of methoxy groups -OCH3 is 1. The fourth-order valence-corrected chi connectivity index (χ4v) is 3.66. The van der Waals surface area contributed by atoms with Gasteiger partial charge in [-0.15, -0.1) is 0 Å². The molecule has 1 aromatic rings. The van der Waals surface area contributed by atoms with E-state index in [-0.39, 0.29) is 17.4 Å². The number of hydrogen-bond donors (Lipinski definition) is 0. The molecule has 4 heteroatoms. The Balaban J connectivity index is 1.77. The molecular formula is C16H17NO3. The van der Waals surface area contributed by atoms with Gasteiger partial charge in [-0.3, -0.25) is 4.79 Å². The molecule has 0 radical (unpaired) electrons. The van der Waals surface area contributed by atoms with Crippen LogP contribution in [0.1, 0.15) is 19.8 Å². The molecule has 1 amide bonds. The van der Waals surface area contributed by atoms with Crippen molar-refractivity contribution in [2.75, 3.05) is 12.0 Å². The maximum absolute atomic E-state index is 12.8. The number of carbonyl (C=O) groups is 1. The molecule has 4 nitrogen and oxygen atoms in total. The van der Waals surface area contributed by atoms with Crippen molar-refractivity contribution in [2.45, 2.75) is 31.4 Å². The lowest BCUT2D eigenvalue weighted by Crippen LogP contribution is -2.42. The summed E-state index contributed by atoms with van der Waals surface area (Å²) in [6, 6.07) is 7.63. The van der Waals surface area contributed by atoms with Crippen LogP contribution in [0.25, 0.3) is 0 Å². The minimum atomic E-state index is -0.413. The summed E-state index contributed by atoms with van der Waals surface area (Å²) in [7, 11) is 1.64. The monoisotopic (exact) mass is 271 g/mol. The van der Waals surface area contributed by atoms with E-state index in [4.69, 9.17) is 9.47 Å². The minimum absolute atomic E-state index is 0.00843. The zero-order valence-corrected chi connectivity index (χ0v) is 11.6. The smallest absolute Gasteiger partial charge is 0.238 e.